The van der Waals surface area contributed by atoms with Crippen LogP contribution in [0.3, 0.4) is 0 Å². The molecule has 0 amide bonds. The maximum atomic E-state index is 11.1. The van der Waals surface area contributed by atoms with Gasteiger partial charge in [0.1, 0.15) is 6.04 Å². The number of carboxylic acid groups (broad SMARTS) is 1. The average molecular weight is 242 g/mol. The van der Waals surface area contributed by atoms with Crippen LogP contribution in [-0.2, 0) is 4.79 Å². The van der Waals surface area contributed by atoms with E-state index >= 15 is 0 Å². The molecule has 1 saturated carbocycles. The first kappa shape index (κ1) is 14.5. The molecule has 0 bridgehead atoms. The molecule has 0 aromatic rings. The van der Waals surface area contributed by atoms with E-state index in [-0.39, 0.29) is 11.5 Å². The molecule has 17 heavy (non-hydrogen) atoms. The normalized spacial score (nSPS) is 21.1. The number of nitrogens with one attached hydrogen (secondary N) is 1. The van der Waals surface area contributed by atoms with Crippen LogP contribution in [0.5, 0.6) is 0 Å². The Labute approximate surface area is 104 Å². The van der Waals surface area contributed by atoms with Crippen molar-refractivity contribution in [1.29, 1.82) is 0 Å². The minimum absolute atomic E-state index is 0.119. The van der Waals surface area contributed by atoms with Crippen LogP contribution in [0.2, 0.25) is 0 Å². The second-order valence-electron chi connectivity index (χ2n) is 5.77. The van der Waals surface area contributed by atoms with Gasteiger partial charge in [0.25, 0.3) is 0 Å². The summed E-state index contributed by atoms with van der Waals surface area (Å²) in [5, 5.41) is 12.4. The largest absolute Gasteiger partial charge is 0.480 e. The van der Waals surface area contributed by atoms with Crippen LogP contribution < -0.4 is 5.32 Å². The second-order valence-corrected chi connectivity index (χ2v) is 5.77. The van der Waals surface area contributed by atoms with E-state index in [2.05, 4.69) is 24.3 Å². The molecule has 0 aromatic heterocycles. The first-order valence-corrected chi connectivity index (χ1v) is 6.53. The zero-order chi connectivity index (χ0) is 13.1. The SMILES string of the molecule is CC(C)C(NCC1(N(C)C)CCCC1)C(=O)O. The molecule has 1 rings (SSSR count). The Balaban J connectivity index is 2.60. The number of likely N-dealkylation sites (N-methyl/N-ethyl adjacent to an activating group) is 1. The third-order valence-electron chi connectivity index (χ3n) is 4.07. The van der Waals surface area contributed by atoms with E-state index < -0.39 is 12.0 Å². The third-order valence-corrected chi connectivity index (χ3v) is 4.07. The summed E-state index contributed by atoms with van der Waals surface area (Å²) in [5.41, 5.74) is 0.155. The summed E-state index contributed by atoms with van der Waals surface area (Å²) in [6.45, 7) is 4.67. The van der Waals surface area contributed by atoms with Crippen molar-refractivity contribution in [3.63, 3.8) is 0 Å². The van der Waals surface area contributed by atoms with E-state index in [9.17, 15) is 4.79 Å². The molecule has 0 radical (unpaired) electrons. The van der Waals surface area contributed by atoms with Crippen molar-refractivity contribution in [2.24, 2.45) is 5.92 Å². The van der Waals surface area contributed by atoms with Gasteiger partial charge < -0.3 is 15.3 Å². The molecule has 1 fully saturated rings. The van der Waals surface area contributed by atoms with E-state index in [0.29, 0.717) is 0 Å². The molecular formula is C13H26N2O2. The van der Waals surface area contributed by atoms with E-state index in [1.54, 1.807) is 0 Å². The predicted octanol–water partition coefficient (Wildman–Crippen LogP) is 1.56. The summed E-state index contributed by atoms with van der Waals surface area (Å²) in [5.74, 6) is -0.625. The fraction of sp³-hybridized carbons (Fsp3) is 0.923. The highest BCUT2D eigenvalue weighted by Crippen LogP contribution is 2.33. The minimum atomic E-state index is -0.744. The van der Waals surface area contributed by atoms with Crippen molar-refractivity contribution in [1.82, 2.24) is 10.2 Å². The lowest BCUT2D eigenvalue weighted by Crippen LogP contribution is -2.54. The van der Waals surface area contributed by atoms with Crippen LogP contribution in [-0.4, -0.2) is 48.2 Å². The summed E-state index contributed by atoms with van der Waals surface area (Å²) in [4.78, 5) is 13.4. The van der Waals surface area contributed by atoms with E-state index in [1.165, 1.54) is 12.8 Å². The predicted molar refractivity (Wildman–Crippen MR) is 69.2 cm³/mol. The Bertz CT molecular complexity index is 258. The van der Waals surface area contributed by atoms with Gasteiger partial charge >= 0.3 is 5.97 Å². The van der Waals surface area contributed by atoms with Gasteiger partial charge in [-0.25, -0.2) is 0 Å². The molecule has 1 aliphatic carbocycles. The Kier molecular flexibility index (Phi) is 4.95. The number of carbonyl (C=O) groups is 1. The highest BCUT2D eigenvalue weighted by atomic mass is 16.4. The molecule has 0 heterocycles. The zero-order valence-corrected chi connectivity index (χ0v) is 11.5. The van der Waals surface area contributed by atoms with Crippen molar-refractivity contribution < 1.29 is 9.90 Å². The topological polar surface area (TPSA) is 52.6 Å². The van der Waals surface area contributed by atoms with Crippen LogP contribution in [0.15, 0.2) is 0 Å². The van der Waals surface area contributed by atoms with Crippen LogP contribution in [0.1, 0.15) is 39.5 Å². The van der Waals surface area contributed by atoms with Gasteiger partial charge in [0, 0.05) is 12.1 Å². The maximum Gasteiger partial charge on any atom is 0.320 e. The molecule has 0 aromatic carbocycles. The van der Waals surface area contributed by atoms with Crippen molar-refractivity contribution in [2.45, 2.75) is 51.1 Å². The average Bonchev–Trinajstić information content (AvgIpc) is 2.66. The standard InChI is InChI=1S/C13H26N2O2/c1-10(2)11(12(16)17)14-9-13(15(3)4)7-5-6-8-13/h10-11,14H,5-9H2,1-4H3,(H,16,17). The molecule has 4 nitrogen and oxygen atoms in total. The van der Waals surface area contributed by atoms with Gasteiger partial charge in [0.05, 0.1) is 0 Å². The van der Waals surface area contributed by atoms with E-state index in [1.807, 2.05) is 13.8 Å². The summed E-state index contributed by atoms with van der Waals surface area (Å²) in [6, 6.07) is -0.438. The Morgan fingerprint density at radius 2 is 1.88 bits per heavy atom. The lowest BCUT2D eigenvalue weighted by molar-refractivity contribution is -0.140. The van der Waals surface area contributed by atoms with Crippen LogP contribution >= 0.6 is 0 Å². The summed E-state index contributed by atoms with van der Waals surface area (Å²) >= 11 is 0. The van der Waals surface area contributed by atoms with Gasteiger partial charge in [-0.1, -0.05) is 26.7 Å². The molecular weight excluding hydrogens is 216 g/mol. The number of rotatable bonds is 6. The van der Waals surface area contributed by atoms with Gasteiger partial charge in [0.15, 0.2) is 0 Å². The summed E-state index contributed by atoms with van der Waals surface area (Å²) < 4.78 is 0. The monoisotopic (exact) mass is 242 g/mol. The molecule has 1 atom stereocenters. The number of nitrogens with zero attached hydrogens (tertiary/aromatic N) is 1. The molecule has 0 aliphatic heterocycles. The van der Waals surface area contributed by atoms with Crippen molar-refractivity contribution >= 4 is 5.97 Å². The fourth-order valence-electron chi connectivity index (χ4n) is 2.72. The van der Waals surface area contributed by atoms with E-state index in [4.69, 9.17) is 5.11 Å². The lowest BCUT2D eigenvalue weighted by atomic mass is 9.94. The van der Waals surface area contributed by atoms with Crippen LogP contribution in [0.4, 0.5) is 0 Å². The van der Waals surface area contributed by atoms with Crippen molar-refractivity contribution in [3.05, 3.63) is 0 Å². The number of aliphatic carboxylic acids is 1. The summed E-state index contributed by atoms with van der Waals surface area (Å²) in [7, 11) is 4.19. The van der Waals surface area contributed by atoms with Crippen molar-refractivity contribution in [3.8, 4) is 0 Å². The number of hydrogen-bond donors (Lipinski definition) is 2. The van der Waals surface area contributed by atoms with E-state index in [0.717, 1.165) is 19.4 Å². The lowest BCUT2D eigenvalue weighted by Gasteiger charge is -2.38. The highest BCUT2D eigenvalue weighted by molar-refractivity contribution is 5.73. The van der Waals surface area contributed by atoms with Gasteiger partial charge in [-0.3, -0.25) is 4.79 Å². The molecule has 0 saturated heterocycles. The van der Waals surface area contributed by atoms with Crippen LogP contribution in [0, 0.1) is 5.92 Å². The zero-order valence-electron chi connectivity index (χ0n) is 11.5. The van der Waals surface area contributed by atoms with Crippen molar-refractivity contribution in [2.75, 3.05) is 20.6 Å². The van der Waals surface area contributed by atoms with Crippen LogP contribution in [0.25, 0.3) is 0 Å². The second kappa shape index (κ2) is 5.83. The third kappa shape index (κ3) is 3.42. The quantitative estimate of drug-likeness (QED) is 0.742. The molecule has 1 unspecified atom stereocenters. The molecule has 100 valence electrons. The number of hydrogen-bond acceptors (Lipinski definition) is 3. The minimum Gasteiger partial charge on any atom is -0.480 e. The van der Waals surface area contributed by atoms with Gasteiger partial charge in [-0.15, -0.1) is 0 Å². The first-order chi connectivity index (χ1) is 7.89. The smallest absolute Gasteiger partial charge is 0.320 e. The fourth-order valence-corrected chi connectivity index (χ4v) is 2.72. The summed E-state index contributed by atoms with van der Waals surface area (Å²) in [6.07, 6.45) is 4.83. The van der Waals surface area contributed by atoms with Gasteiger partial charge in [0.2, 0.25) is 0 Å². The molecule has 2 N–H and O–H groups in total. The Hall–Kier alpha value is -0.610. The Morgan fingerprint density at radius 3 is 2.24 bits per heavy atom. The first-order valence-electron chi connectivity index (χ1n) is 6.53. The van der Waals surface area contributed by atoms with Gasteiger partial charge in [-0.2, -0.15) is 0 Å². The highest BCUT2D eigenvalue weighted by Gasteiger charge is 2.37. The van der Waals surface area contributed by atoms with Gasteiger partial charge in [-0.05, 0) is 32.9 Å². The number of carboxylic acids is 1. The maximum absolute atomic E-state index is 11.1. The molecule has 4 heteroatoms. The molecule has 0 spiro atoms. The molecule has 1 aliphatic rings. The Morgan fingerprint density at radius 1 is 1.35 bits per heavy atom.